The van der Waals surface area contributed by atoms with Gasteiger partial charge < -0.3 is 4.74 Å². The first-order valence-corrected chi connectivity index (χ1v) is 11.5. The lowest BCUT2D eigenvalue weighted by atomic mass is 10.2. The average Bonchev–Trinajstić information content (AvgIpc) is 3.29. The largest absolute Gasteiger partial charge is 0.379 e. The van der Waals surface area contributed by atoms with E-state index in [0.29, 0.717) is 30.6 Å². The summed E-state index contributed by atoms with van der Waals surface area (Å²) in [5, 5.41) is 0.454. The van der Waals surface area contributed by atoms with Gasteiger partial charge in [-0.05, 0) is 24.6 Å². The summed E-state index contributed by atoms with van der Waals surface area (Å²) in [5.41, 5.74) is 0.612. The Morgan fingerprint density at radius 2 is 2.03 bits per heavy atom. The number of carbonyl (C=O) groups is 1. The molecule has 1 fully saturated rings. The van der Waals surface area contributed by atoms with Crippen molar-refractivity contribution in [2.75, 3.05) is 44.3 Å². The number of hydrogen-bond acceptors (Lipinski definition) is 6. The first kappa shape index (κ1) is 23.7. The van der Waals surface area contributed by atoms with E-state index in [1.54, 1.807) is 23.1 Å². The van der Waals surface area contributed by atoms with E-state index in [1.165, 1.54) is 17.4 Å². The number of nitrogens with zero attached hydrogens (tertiary/aromatic N) is 3. The van der Waals surface area contributed by atoms with E-state index in [2.05, 4.69) is 9.88 Å². The van der Waals surface area contributed by atoms with Gasteiger partial charge in [-0.3, -0.25) is 14.6 Å². The molecule has 5 nitrogen and oxygen atoms in total. The number of aromatic nitrogens is 1. The third-order valence-electron chi connectivity index (χ3n) is 4.68. The molecule has 0 atom stereocenters. The molecule has 3 heterocycles. The summed E-state index contributed by atoms with van der Waals surface area (Å²) in [6, 6.07) is 6.37. The van der Waals surface area contributed by atoms with Gasteiger partial charge in [0.15, 0.2) is 5.13 Å². The van der Waals surface area contributed by atoms with Crippen LogP contribution < -0.4 is 4.90 Å². The Hall–Kier alpha value is -1.00. The molecule has 1 aromatic carbocycles. The van der Waals surface area contributed by atoms with Gasteiger partial charge in [-0.2, -0.15) is 0 Å². The van der Waals surface area contributed by atoms with Gasteiger partial charge in [-0.1, -0.05) is 40.6 Å². The van der Waals surface area contributed by atoms with Crippen LogP contribution in [0, 0.1) is 5.82 Å². The lowest BCUT2D eigenvalue weighted by Crippen LogP contribution is -2.39. The van der Waals surface area contributed by atoms with Crippen molar-refractivity contribution in [1.82, 2.24) is 9.88 Å². The van der Waals surface area contributed by atoms with E-state index in [0.717, 1.165) is 50.6 Å². The molecule has 0 unspecified atom stereocenters. The van der Waals surface area contributed by atoms with E-state index in [9.17, 15) is 9.18 Å². The minimum atomic E-state index is -0.401. The number of para-hydroxylation sites is 1. The van der Waals surface area contributed by atoms with Crippen molar-refractivity contribution >= 4 is 79.5 Å². The van der Waals surface area contributed by atoms with Crippen LogP contribution in [0.4, 0.5) is 9.52 Å². The molecular weight excluding hydrogens is 492 g/mol. The Morgan fingerprint density at radius 1 is 1.27 bits per heavy atom. The molecule has 0 N–H and O–H groups in total. The van der Waals surface area contributed by atoms with E-state index in [4.69, 9.17) is 27.9 Å². The molecule has 1 aliphatic heterocycles. The van der Waals surface area contributed by atoms with Crippen LogP contribution in [0.2, 0.25) is 8.67 Å². The number of thiophene rings is 1. The number of fused-ring (bicyclic) bond motifs is 1. The van der Waals surface area contributed by atoms with Gasteiger partial charge in [-0.25, -0.2) is 9.37 Å². The third kappa shape index (κ3) is 5.24. The molecule has 2 aromatic heterocycles. The zero-order valence-corrected chi connectivity index (χ0v) is 19.7. The van der Waals surface area contributed by atoms with Crippen molar-refractivity contribution in [3.8, 4) is 0 Å². The summed E-state index contributed by atoms with van der Waals surface area (Å²) in [6.45, 7) is 4.50. The number of hydrogen-bond donors (Lipinski definition) is 0. The van der Waals surface area contributed by atoms with E-state index >= 15 is 0 Å². The zero-order valence-electron chi connectivity index (χ0n) is 15.8. The Balaban J connectivity index is 0.00000256. The fraction of sp³-hybridized carbons (Fsp3) is 0.368. The van der Waals surface area contributed by atoms with Crippen LogP contribution in [-0.4, -0.2) is 55.2 Å². The average molecular weight is 511 g/mol. The molecule has 162 valence electrons. The number of benzene rings is 1. The predicted molar refractivity (Wildman–Crippen MR) is 125 cm³/mol. The second kappa shape index (κ2) is 10.5. The number of rotatable bonds is 6. The molecule has 1 aliphatic rings. The summed E-state index contributed by atoms with van der Waals surface area (Å²) in [6.07, 6.45) is 0.750. The number of anilines is 1. The predicted octanol–water partition coefficient (Wildman–Crippen LogP) is 5.59. The second-order valence-corrected chi connectivity index (χ2v) is 9.88. The summed E-state index contributed by atoms with van der Waals surface area (Å²) >= 11 is 14.7. The Labute approximate surface area is 197 Å². The maximum Gasteiger partial charge on any atom is 0.262 e. The molecule has 30 heavy (non-hydrogen) atoms. The van der Waals surface area contributed by atoms with Crippen molar-refractivity contribution in [2.45, 2.75) is 6.42 Å². The quantitative estimate of drug-likeness (QED) is 0.433. The minimum Gasteiger partial charge on any atom is -0.379 e. The van der Waals surface area contributed by atoms with Gasteiger partial charge >= 0.3 is 0 Å². The fourth-order valence-electron chi connectivity index (χ4n) is 3.21. The molecule has 3 aromatic rings. The Bertz CT molecular complexity index is 1020. The van der Waals surface area contributed by atoms with Crippen molar-refractivity contribution in [1.29, 1.82) is 0 Å². The van der Waals surface area contributed by atoms with Crippen LogP contribution in [0.15, 0.2) is 24.3 Å². The SMILES string of the molecule is Cl.O=C(c1cc(Cl)sc1Cl)N(CCCN1CCOCC1)c1nc2c(F)cccc2s1. The highest BCUT2D eigenvalue weighted by Crippen LogP contribution is 2.35. The summed E-state index contributed by atoms with van der Waals surface area (Å²) in [5.74, 6) is -0.679. The van der Waals surface area contributed by atoms with Crippen molar-refractivity contribution < 1.29 is 13.9 Å². The zero-order chi connectivity index (χ0) is 20.4. The molecule has 0 aliphatic carbocycles. The highest BCUT2D eigenvalue weighted by atomic mass is 35.5. The Morgan fingerprint density at radius 3 is 2.70 bits per heavy atom. The summed E-state index contributed by atoms with van der Waals surface area (Å²) < 4.78 is 21.0. The minimum absolute atomic E-state index is 0. The summed E-state index contributed by atoms with van der Waals surface area (Å²) in [4.78, 5) is 21.5. The van der Waals surface area contributed by atoms with Gasteiger partial charge in [-0.15, -0.1) is 23.7 Å². The molecule has 0 spiro atoms. The maximum absolute atomic E-state index is 14.1. The van der Waals surface area contributed by atoms with E-state index < -0.39 is 5.82 Å². The van der Waals surface area contributed by atoms with Crippen LogP contribution in [0.1, 0.15) is 16.8 Å². The molecule has 0 bridgehead atoms. The molecule has 0 radical (unpaired) electrons. The molecule has 1 amide bonds. The van der Waals surface area contributed by atoms with E-state index in [1.807, 2.05) is 0 Å². The number of morpholine rings is 1. The van der Waals surface area contributed by atoms with Gasteiger partial charge in [0.25, 0.3) is 5.91 Å². The number of halogens is 4. The van der Waals surface area contributed by atoms with Crippen LogP contribution in [-0.2, 0) is 4.74 Å². The maximum atomic E-state index is 14.1. The van der Waals surface area contributed by atoms with E-state index in [-0.39, 0.29) is 23.8 Å². The number of amides is 1. The highest BCUT2D eigenvalue weighted by molar-refractivity contribution is 7.22. The molecule has 11 heteroatoms. The van der Waals surface area contributed by atoms with Crippen LogP contribution >= 0.6 is 58.3 Å². The second-order valence-electron chi connectivity index (χ2n) is 6.59. The lowest BCUT2D eigenvalue weighted by molar-refractivity contribution is 0.0376. The van der Waals surface area contributed by atoms with Crippen LogP contribution in [0.25, 0.3) is 10.2 Å². The third-order valence-corrected chi connectivity index (χ3v) is 7.21. The van der Waals surface area contributed by atoms with Crippen molar-refractivity contribution in [3.05, 3.63) is 44.3 Å². The van der Waals surface area contributed by atoms with Crippen molar-refractivity contribution in [2.24, 2.45) is 0 Å². The first-order valence-electron chi connectivity index (χ1n) is 9.15. The lowest BCUT2D eigenvalue weighted by Gasteiger charge is -2.27. The standard InChI is InChI=1S/C19H18Cl2FN3O2S2.ClH/c20-15-11-12(17(21)29-15)18(26)25(6-2-5-24-7-9-27-10-8-24)19-23-16-13(22)3-1-4-14(16)28-19;/h1,3-4,11H,2,5-10H2;1H. The van der Waals surface area contributed by atoms with Crippen molar-refractivity contribution in [3.63, 3.8) is 0 Å². The monoisotopic (exact) mass is 509 g/mol. The van der Waals surface area contributed by atoms with Gasteiger partial charge in [0, 0.05) is 26.2 Å². The summed E-state index contributed by atoms with van der Waals surface area (Å²) in [7, 11) is 0. The van der Waals surface area contributed by atoms with Crippen LogP contribution in [0.5, 0.6) is 0 Å². The normalized spacial score (nSPS) is 14.6. The molecule has 4 rings (SSSR count). The van der Waals surface area contributed by atoms with Gasteiger partial charge in [0.2, 0.25) is 0 Å². The first-order chi connectivity index (χ1) is 14.0. The highest BCUT2D eigenvalue weighted by Gasteiger charge is 2.25. The topological polar surface area (TPSA) is 45.7 Å². The van der Waals surface area contributed by atoms with Gasteiger partial charge in [0.1, 0.15) is 15.7 Å². The van der Waals surface area contributed by atoms with Crippen LogP contribution in [0.3, 0.4) is 0 Å². The molecular formula is C19H19Cl3FN3O2S2. The smallest absolute Gasteiger partial charge is 0.262 e. The Kier molecular flexibility index (Phi) is 8.31. The molecule has 0 saturated carbocycles. The number of carbonyl (C=O) groups excluding carboxylic acids is 1. The number of ether oxygens (including phenoxy) is 1. The molecule has 1 saturated heterocycles. The fourth-order valence-corrected chi connectivity index (χ4v) is 5.66. The number of thiazole rings is 1. The van der Waals surface area contributed by atoms with Gasteiger partial charge in [0.05, 0.1) is 27.8 Å².